The van der Waals surface area contributed by atoms with E-state index in [4.69, 9.17) is 9.72 Å². The molecule has 0 unspecified atom stereocenters. The smallest absolute Gasteiger partial charge is 0.137 e. The Morgan fingerprint density at radius 1 is 0.435 bits per heavy atom. The minimum atomic E-state index is -0.150. The lowest BCUT2D eigenvalue weighted by Crippen LogP contribution is -2.25. The van der Waals surface area contributed by atoms with E-state index in [0.717, 1.165) is 34.0 Å². The summed E-state index contributed by atoms with van der Waals surface area (Å²) in [6, 6.07) is 53.1. The first-order valence-corrected chi connectivity index (χ1v) is 22.1. The highest BCUT2D eigenvalue weighted by Gasteiger charge is 2.31. The van der Waals surface area contributed by atoms with Crippen LogP contribution in [0.15, 0.2) is 152 Å². The van der Waals surface area contributed by atoms with E-state index in [1.807, 2.05) is 6.20 Å². The summed E-state index contributed by atoms with van der Waals surface area (Å²) < 4.78 is 9.29. The molecule has 0 aliphatic carbocycles. The molecule has 6 aromatic carbocycles. The van der Waals surface area contributed by atoms with Gasteiger partial charge in [0.1, 0.15) is 24.0 Å². The zero-order valence-corrected chi connectivity index (χ0v) is 38.3. The van der Waals surface area contributed by atoms with Crippen molar-refractivity contribution >= 4 is 44.6 Å². The fourth-order valence-electron chi connectivity index (χ4n) is 8.89. The second-order valence-electron chi connectivity index (χ2n) is 20.7. The van der Waals surface area contributed by atoms with Gasteiger partial charge in [0.2, 0.25) is 0 Å². The molecule has 62 heavy (non-hydrogen) atoms. The number of benzene rings is 6. The third-order valence-corrected chi connectivity index (χ3v) is 12.9. The number of hydrogen-bond acceptors (Lipinski definition) is 4. The van der Waals surface area contributed by atoms with Gasteiger partial charge in [0.15, 0.2) is 0 Å². The number of hydrogen-bond donors (Lipinski definition) is 0. The number of ether oxygens (including phenoxy) is 1. The van der Waals surface area contributed by atoms with Gasteiger partial charge in [-0.3, -0.25) is 4.57 Å². The van der Waals surface area contributed by atoms with Gasteiger partial charge in [0, 0.05) is 45.9 Å². The summed E-state index contributed by atoms with van der Waals surface area (Å²) in [5, 5.41) is 2.39. The molecule has 314 valence electrons. The molecule has 0 bridgehead atoms. The van der Waals surface area contributed by atoms with Crippen molar-refractivity contribution in [2.45, 2.75) is 97.8 Å². The van der Waals surface area contributed by atoms with Crippen molar-refractivity contribution in [2.75, 3.05) is 16.5 Å². The lowest BCUT2D eigenvalue weighted by Gasteiger charge is -2.29. The Labute approximate surface area is 368 Å². The van der Waals surface area contributed by atoms with Crippen molar-refractivity contribution in [3.8, 4) is 17.3 Å². The van der Waals surface area contributed by atoms with Gasteiger partial charge >= 0.3 is 0 Å². The summed E-state index contributed by atoms with van der Waals surface area (Å²) in [4.78, 5) is 9.82. The van der Waals surface area contributed by atoms with Crippen LogP contribution < -0.4 is 14.5 Å². The van der Waals surface area contributed by atoms with Crippen LogP contribution in [0.5, 0.6) is 11.5 Å². The first-order valence-electron chi connectivity index (χ1n) is 22.1. The Morgan fingerprint density at radius 3 is 1.76 bits per heavy atom. The molecule has 8 aromatic rings. The number of aromatic nitrogens is 2. The normalized spacial score (nSPS) is 13.6. The maximum atomic E-state index is 6.99. The number of pyridine rings is 1. The minimum absolute atomic E-state index is 0.0159. The van der Waals surface area contributed by atoms with Crippen LogP contribution in [0.3, 0.4) is 0 Å². The third kappa shape index (κ3) is 7.52. The summed E-state index contributed by atoms with van der Waals surface area (Å²) in [7, 11) is 0. The van der Waals surface area contributed by atoms with Crippen LogP contribution in [-0.2, 0) is 21.7 Å². The first kappa shape index (κ1) is 41.0. The molecule has 5 nitrogen and oxygen atoms in total. The largest absolute Gasteiger partial charge is 0.457 e. The van der Waals surface area contributed by atoms with Gasteiger partial charge in [-0.1, -0.05) is 137 Å². The molecular weight excluding hydrogens is 757 g/mol. The average molecular weight is 817 g/mol. The van der Waals surface area contributed by atoms with Crippen molar-refractivity contribution in [1.82, 2.24) is 9.55 Å². The van der Waals surface area contributed by atoms with Crippen molar-refractivity contribution in [2.24, 2.45) is 0 Å². The summed E-state index contributed by atoms with van der Waals surface area (Å²) in [5.41, 5.74) is 12.9. The van der Waals surface area contributed by atoms with Crippen LogP contribution in [0.25, 0.3) is 27.6 Å². The molecule has 0 spiro atoms. The van der Waals surface area contributed by atoms with Crippen LogP contribution in [0.2, 0.25) is 0 Å². The standard InChI is InChI=1S/C57H60N4O/c1-54(2,3)39-24-27-49-48(33-39)47-26-25-45(36-52(47)61(49)53-34-40(28-29-58-53)55(4,5)6)62-46-32-42(56(7,8)9)31-44(35-46)60-37-59(50-22-15-16-23-51(50)60)43-21-17-20-41(30-43)57(10,11)38-18-13-12-14-19-38/h12-36H,37H2,1-11H3. The summed E-state index contributed by atoms with van der Waals surface area (Å²) in [6.07, 6.45) is 1.94. The van der Waals surface area contributed by atoms with Crippen molar-refractivity contribution < 1.29 is 4.74 Å². The Hall–Kier alpha value is -6.33. The highest BCUT2D eigenvalue weighted by atomic mass is 16.5. The Morgan fingerprint density at radius 2 is 1.06 bits per heavy atom. The molecule has 0 radical (unpaired) electrons. The van der Waals surface area contributed by atoms with E-state index in [2.05, 4.69) is 236 Å². The van der Waals surface area contributed by atoms with E-state index in [0.29, 0.717) is 6.67 Å². The average Bonchev–Trinajstić information content (AvgIpc) is 3.79. The highest BCUT2D eigenvalue weighted by molar-refractivity contribution is 6.09. The second-order valence-corrected chi connectivity index (χ2v) is 20.7. The molecule has 2 aromatic heterocycles. The molecule has 0 N–H and O–H groups in total. The van der Waals surface area contributed by atoms with E-state index in [-0.39, 0.29) is 21.7 Å². The monoisotopic (exact) mass is 816 g/mol. The number of anilines is 4. The Kier molecular flexibility index (Phi) is 9.89. The van der Waals surface area contributed by atoms with Crippen molar-refractivity contribution in [1.29, 1.82) is 0 Å². The lowest BCUT2D eigenvalue weighted by atomic mass is 9.78. The molecule has 0 fully saturated rings. The van der Waals surface area contributed by atoms with E-state index < -0.39 is 0 Å². The highest BCUT2D eigenvalue weighted by Crippen LogP contribution is 2.47. The SMILES string of the molecule is CC(C)(C)c1cc(Oc2ccc3c4cc(C(C)(C)C)ccc4n(-c4cc(C(C)(C)C)ccn4)c3c2)cc(N2CN(c3cccc(C(C)(C)c4ccccc4)c3)c3ccccc32)c1. The van der Waals surface area contributed by atoms with Crippen molar-refractivity contribution in [3.05, 3.63) is 180 Å². The number of para-hydroxylation sites is 2. The Bertz CT molecular complexity index is 2950. The molecule has 3 heterocycles. The van der Waals surface area contributed by atoms with Crippen molar-refractivity contribution in [3.63, 3.8) is 0 Å². The van der Waals surface area contributed by atoms with Gasteiger partial charge < -0.3 is 14.5 Å². The van der Waals surface area contributed by atoms with Crippen LogP contribution in [-0.4, -0.2) is 16.2 Å². The molecule has 1 aliphatic heterocycles. The maximum absolute atomic E-state index is 6.99. The van der Waals surface area contributed by atoms with Gasteiger partial charge in [-0.15, -0.1) is 0 Å². The quantitative estimate of drug-likeness (QED) is 0.160. The second kappa shape index (κ2) is 14.9. The summed E-state index contributed by atoms with van der Waals surface area (Å²) in [5.74, 6) is 2.49. The molecule has 0 saturated carbocycles. The molecule has 1 aliphatic rings. The number of rotatable bonds is 7. The third-order valence-electron chi connectivity index (χ3n) is 12.9. The fourth-order valence-corrected chi connectivity index (χ4v) is 8.89. The first-order chi connectivity index (χ1) is 29.4. The lowest BCUT2D eigenvalue weighted by molar-refractivity contribution is 0.479. The van der Waals surface area contributed by atoms with E-state index in [1.165, 1.54) is 55.7 Å². The van der Waals surface area contributed by atoms with Gasteiger partial charge in [-0.25, -0.2) is 4.98 Å². The Balaban J connectivity index is 1.12. The van der Waals surface area contributed by atoms with Crippen LogP contribution in [0, 0.1) is 0 Å². The van der Waals surface area contributed by atoms with Gasteiger partial charge in [0.25, 0.3) is 0 Å². The molecule has 9 rings (SSSR count). The van der Waals surface area contributed by atoms with Gasteiger partial charge in [-0.05, 0) is 117 Å². The van der Waals surface area contributed by atoms with Gasteiger partial charge in [0.05, 0.1) is 22.4 Å². The van der Waals surface area contributed by atoms with E-state index in [9.17, 15) is 0 Å². The minimum Gasteiger partial charge on any atom is -0.457 e. The van der Waals surface area contributed by atoms with E-state index >= 15 is 0 Å². The maximum Gasteiger partial charge on any atom is 0.137 e. The molecule has 0 atom stereocenters. The predicted molar refractivity (Wildman–Crippen MR) is 262 cm³/mol. The fraction of sp³-hybridized carbons (Fsp3) is 0.281. The molecule has 0 saturated heterocycles. The molecule has 5 heteroatoms. The van der Waals surface area contributed by atoms with E-state index in [1.54, 1.807) is 0 Å². The zero-order valence-electron chi connectivity index (χ0n) is 38.3. The molecule has 0 amide bonds. The summed E-state index contributed by atoms with van der Waals surface area (Å²) in [6.45, 7) is 25.7. The number of fused-ring (bicyclic) bond motifs is 4. The van der Waals surface area contributed by atoms with Crippen LogP contribution >= 0.6 is 0 Å². The zero-order chi connectivity index (χ0) is 43.8. The van der Waals surface area contributed by atoms with Crippen LogP contribution in [0.1, 0.15) is 104 Å². The molecular formula is C57H60N4O. The topological polar surface area (TPSA) is 33.5 Å². The van der Waals surface area contributed by atoms with Gasteiger partial charge in [-0.2, -0.15) is 0 Å². The summed E-state index contributed by atoms with van der Waals surface area (Å²) >= 11 is 0. The number of nitrogens with zero attached hydrogens (tertiary/aromatic N) is 4. The van der Waals surface area contributed by atoms with Crippen LogP contribution in [0.4, 0.5) is 22.7 Å². The predicted octanol–water partition coefficient (Wildman–Crippen LogP) is 15.4.